The Labute approximate surface area is 175 Å². The van der Waals surface area contributed by atoms with Crippen molar-refractivity contribution in [3.63, 3.8) is 0 Å². The number of likely N-dealkylation sites (tertiary alicyclic amines) is 1. The number of nitrogens with one attached hydrogen (secondary N) is 1. The summed E-state index contributed by atoms with van der Waals surface area (Å²) in [5, 5.41) is 7.70. The SMILES string of the molecule is O=C(c1cc2n(n1)[C@@H](C(F)(F)F)C[C@@H](c1ccc(Cl)c(Cl)c1)N2)N1CCCCC1. The van der Waals surface area contributed by atoms with Crippen LogP contribution in [0.3, 0.4) is 0 Å². The molecule has 0 aliphatic carbocycles. The molecule has 29 heavy (non-hydrogen) atoms. The van der Waals surface area contributed by atoms with Crippen molar-refractivity contribution in [3.8, 4) is 0 Å². The van der Waals surface area contributed by atoms with E-state index in [1.54, 1.807) is 23.1 Å². The Hall–Kier alpha value is -1.93. The molecule has 0 saturated carbocycles. The number of hydrogen-bond acceptors (Lipinski definition) is 3. The van der Waals surface area contributed by atoms with Crippen LogP contribution in [0.1, 0.15) is 53.8 Å². The van der Waals surface area contributed by atoms with Gasteiger partial charge < -0.3 is 10.2 Å². The van der Waals surface area contributed by atoms with Crippen molar-refractivity contribution in [1.29, 1.82) is 0 Å². The number of piperidine rings is 1. The second-order valence-corrected chi connectivity index (χ2v) is 8.19. The highest BCUT2D eigenvalue weighted by atomic mass is 35.5. The van der Waals surface area contributed by atoms with Gasteiger partial charge >= 0.3 is 6.18 Å². The van der Waals surface area contributed by atoms with E-state index < -0.39 is 18.3 Å². The predicted molar refractivity (Wildman–Crippen MR) is 105 cm³/mol. The predicted octanol–water partition coefficient (Wildman–Crippen LogP) is 5.48. The van der Waals surface area contributed by atoms with Crippen LogP contribution < -0.4 is 5.32 Å². The van der Waals surface area contributed by atoms with Crippen molar-refractivity contribution in [2.45, 2.75) is 43.9 Å². The van der Waals surface area contributed by atoms with E-state index >= 15 is 0 Å². The quantitative estimate of drug-likeness (QED) is 0.664. The number of amides is 1. The highest BCUT2D eigenvalue weighted by Gasteiger charge is 2.47. The molecule has 2 aliphatic heterocycles. The summed E-state index contributed by atoms with van der Waals surface area (Å²) in [4.78, 5) is 14.4. The van der Waals surface area contributed by atoms with Crippen LogP contribution in [0.15, 0.2) is 24.3 Å². The normalized spacial score (nSPS) is 22.2. The van der Waals surface area contributed by atoms with Crippen LogP contribution in [-0.4, -0.2) is 39.9 Å². The van der Waals surface area contributed by atoms with Crippen LogP contribution >= 0.6 is 23.2 Å². The van der Waals surface area contributed by atoms with Crippen molar-refractivity contribution >= 4 is 34.9 Å². The lowest BCUT2D eigenvalue weighted by atomic mass is 9.97. The number of benzene rings is 1. The van der Waals surface area contributed by atoms with Crippen LogP contribution in [0.5, 0.6) is 0 Å². The maximum Gasteiger partial charge on any atom is 0.410 e. The van der Waals surface area contributed by atoms with E-state index in [2.05, 4.69) is 10.4 Å². The molecule has 1 saturated heterocycles. The summed E-state index contributed by atoms with van der Waals surface area (Å²) in [7, 11) is 0. The molecule has 2 atom stereocenters. The fourth-order valence-corrected chi connectivity index (χ4v) is 4.19. The Kier molecular flexibility index (Phi) is 5.42. The first-order valence-electron chi connectivity index (χ1n) is 9.41. The number of halogens is 5. The summed E-state index contributed by atoms with van der Waals surface area (Å²) >= 11 is 12.0. The lowest BCUT2D eigenvalue weighted by molar-refractivity contribution is -0.173. The number of carbonyl (C=O) groups excluding carboxylic acids is 1. The zero-order valence-electron chi connectivity index (χ0n) is 15.3. The van der Waals surface area contributed by atoms with Gasteiger partial charge in [0.15, 0.2) is 11.7 Å². The Morgan fingerprint density at radius 3 is 2.48 bits per heavy atom. The Balaban J connectivity index is 1.67. The van der Waals surface area contributed by atoms with E-state index in [9.17, 15) is 18.0 Å². The second-order valence-electron chi connectivity index (χ2n) is 7.38. The maximum absolute atomic E-state index is 13.8. The average molecular weight is 447 g/mol. The maximum atomic E-state index is 13.8. The number of alkyl halides is 3. The first-order chi connectivity index (χ1) is 13.7. The number of nitrogens with zero attached hydrogens (tertiary/aromatic N) is 3. The first-order valence-corrected chi connectivity index (χ1v) is 10.2. The molecule has 1 N–H and O–H groups in total. The molecule has 0 bridgehead atoms. The molecule has 1 aromatic carbocycles. The van der Waals surface area contributed by atoms with Gasteiger partial charge in [-0.2, -0.15) is 18.3 Å². The molecule has 0 unspecified atom stereocenters. The van der Waals surface area contributed by atoms with E-state index in [1.165, 1.54) is 6.07 Å². The van der Waals surface area contributed by atoms with Crippen LogP contribution in [0.25, 0.3) is 0 Å². The number of anilines is 1. The number of hydrogen-bond donors (Lipinski definition) is 1. The molecule has 2 aliphatic rings. The largest absolute Gasteiger partial charge is 0.410 e. The van der Waals surface area contributed by atoms with Crippen molar-refractivity contribution in [3.05, 3.63) is 45.6 Å². The lowest BCUT2D eigenvalue weighted by Crippen LogP contribution is -2.37. The van der Waals surface area contributed by atoms with E-state index in [0.29, 0.717) is 23.7 Å². The van der Waals surface area contributed by atoms with Crippen LogP contribution in [-0.2, 0) is 0 Å². The fourth-order valence-electron chi connectivity index (χ4n) is 3.88. The van der Waals surface area contributed by atoms with Gasteiger partial charge in [0, 0.05) is 25.6 Å². The van der Waals surface area contributed by atoms with Crippen molar-refractivity contribution in [2.75, 3.05) is 18.4 Å². The highest BCUT2D eigenvalue weighted by molar-refractivity contribution is 6.42. The van der Waals surface area contributed by atoms with Crippen molar-refractivity contribution in [2.24, 2.45) is 0 Å². The van der Waals surface area contributed by atoms with E-state index in [0.717, 1.165) is 23.9 Å². The van der Waals surface area contributed by atoms with Gasteiger partial charge in [0.1, 0.15) is 5.82 Å². The molecule has 4 rings (SSSR count). The molecule has 1 aromatic heterocycles. The molecular formula is C19H19Cl2F3N4O. The molecule has 156 valence electrons. The van der Waals surface area contributed by atoms with E-state index in [4.69, 9.17) is 23.2 Å². The molecule has 0 radical (unpaired) electrons. The average Bonchev–Trinajstić information content (AvgIpc) is 3.12. The minimum Gasteiger partial charge on any atom is -0.363 e. The third-order valence-corrected chi connectivity index (χ3v) is 6.14. The number of aromatic nitrogens is 2. The third kappa shape index (κ3) is 4.05. The minimum absolute atomic E-state index is 0.0263. The van der Waals surface area contributed by atoms with Crippen LogP contribution in [0.4, 0.5) is 19.0 Å². The molecule has 10 heteroatoms. The topological polar surface area (TPSA) is 50.2 Å². The molecule has 3 heterocycles. The summed E-state index contributed by atoms with van der Waals surface area (Å²) in [6.45, 7) is 1.20. The third-order valence-electron chi connectivity index (χ3n) is 5.40. The molecule has 5 nitrogen and oxygen atoms in total. The molecule has 2 aromatic rings. The van der Waals surface area contributed by atoms with Crippen LogP contribution in [0, 0.1) is 0 Å². The van der Waals surface area contributed by atoms with Crippen molar-refractivity contribution < 1.29 is 18.0 Å². The van der Waals surface area contributed by atoms with Gasteiger partial charge in [0.25, 0.3) is 5.91 Å². The number of fused-ring (bicyclic) bond motifs is 1. The number of carbonyl (C=O) groups is 1. The van der Waals surface area contributed by atoms with Gasteiger partial charge in [-0.15, -0.1) is 0 Å². The Morgan fingerprint density at radius 1 is 1.10 bits per heavy atom. The highest BCUT2D eigenvalue weighted by Crippen LogP contribution is 2.44. The summed E-state index contributed by atoms with van der Waals surface area (Å²) in [6, 6.07) is 3.67. The monoisotopic (exact) mass is 446 g/mol. The molecule has 1 amide bonds. The Bertz CT molecular complexity index is 925. The fraction of sp³-hybridized carbons (Fsp3) is 0.474. The van der Waals surface area contributed by atoms with Crippen LogP contribution in [0.2, 0.25) is 10.0 Å². The van der Waals surface area contributed by atoms with Crippen molar-refractivity contribution in [1.82, 2.24) is 14.7 Å². The molecular weight excluding hydrogens is 428 g/mol. The summed E-state index contributed by atoms with van der Waals surface area (Å²) in [5.74, 6) is -0.171. The minimum atomic E-state index is -4.51. The van der Waals surface area contributed by atoms with Gasteiger partial charge in [-0.3, -0.25) is 4.79 Å². The van der Waals surface area contributed by atoms with Gasteiger partial charge in [0.05, 0.1) is 16.1 Å². The summed E-state index contributed by atoms with van der Waals surface area (Å²) in [5.41, 5.74) is 0.614. The second kappa shape index (κ2) is 7.72. The zero-order chi connectivity index (χ0) is 20.8. The van der Waals surface area contributed by atoms with E-state index in [1.807, 2.05) is 0 Å². The standard InChI is InChI=1S/C19H19Cl2F3N4O/c20-12-5-4-11(8-13(12)21)14-9-16(19(22,23)24)28-17(25-14)10-15(26-28)18(29)27-6-2-1-3-7-27/h4-5,8,10,14,16,25H,1-3,6-7,9H2/t14-,16+/m0/s1. The summed E-state index contributed by atoms with van der Waals surface area (Å²) < 4.78 is 42.2. The van der Waals surface area contributed by atoms with E-state index in [-0.39, 0.29) is 28.9 Å². The molecule has 1 fully saturated rings. The first kappa shape index (κ1) is 20.3. The Morgan fingerprint density at radius 2 is 1.83 bits per heavy atom. The van der Waals surface area contributed by atoms with Gasteiger partial charge in [0.2, 0.25) is 0 Å². The van der Waals surface area contributed by atoms with Gasteiger partial charge in [-0.25, -0.2) is 4.68 Å². The van der Waals surface area contributed by atoms with Gasteiger partial charge in [-0.05, 0) is 37.0 Å². The smallest absolute Gasteiger partial charge is 0.363 e. The van der Waals surface area contributed by atoms with Gasteiger partial charge in [-0.1, -0.05) is 29.3 Å². The lowest BCUT2D eigenvalue weighted by Gasteiger charge is -2.33. The molecule has 0 spiro atoms. The zero-order valence-corrected chi connectivity index (χ0v) is 16.9. The number of rotatable bonds is 2. The summed E-state index contributed by atoms with van der Waals surface area (Å²) in [6.07, 6.45) is -1.95.